The van der Waals surface area contributed by atoms with E-state index in [0.717, 1.165) is 5.56 Å². The van der Waals surface area contributed by atoms with Gasteiger partial charge in [0.1, 0.15) is 0 Å². The standard InChI is InChI=1S/C20H17ClN4O3/c1-28-20(27)14-4-5-17(21)18(8-14)25-19(26)15-7-16(12-23-11-15)24-10-13-3-2-6-22-9-13/h2-9,11-12,24H,10H2,1H3,(H,25,26). The zero-order valence-electron chi connectivity index (χ0n) is 15.0. The van der Waals surface area contributed by atoms with E-state index in [1.807, 2.05) is 12.1 Å². The lowest BCUT2D eigenvalue weighted by molar-refractivity contribution is 0.0600. The summed E-state index contributed by atoms with van der Waals surface area (Å²) in [5, 5.41) is 6.19. The Hall–Kier alpha value is -3.45. The topological polar surface area (TPSA) is 93.2 Å². The second-order valence-electron chi connectivity index (χ2n) is 5.82. The lowest BCUT2D eigenvalue weighted by Gasteiger charge is -2.10. The highest BCUT2D eigenvalue weighted by atomic mass is 35.5. The van der Waals surface area contributed by atoms with Crippen LogP contribution >= 0.6 is 11.6 Å². The van der Waals surface area contributed by atoms with E-state index < -0.39 is 11.9 Å². The summed E-state index contributed by atoms with van der Waals surface area (Å²) in [5.41, 5.74) is 2.63. The first-order valence-corrected chi connectivity index (χ1v) is 8.71. The van der Waals surface area contributed by atoms with E-state index in [-0.39, 0.29) is 5.56 Å². The van der Waals surface area contributed by atoms with Crippen LogP contribution in [0.1, 0.15) is 26.3 Å². The normalized spacial score (nSPS) is 10.2. The molecule has 7 nitrogen and oxygen atoms in total. The van der Waals surface area contributed by atoms with Gasteiger partial charge in [0.2, 0.25) is 0 Å². The first-order chi connectivity index (χ1) is 13.6. The van der Waals surface area contributed by atoms with E-state index in [0.29, 0.717) is 28.5 Å². The Kier molecular flexibility index (Phi) is 6.18. The molecule has 2 N–H and O–H groups in total. The van der Waals surface area contributed by atoms with Crippen LogP contribution in [-0.4, -0.2) is 29.0 Å². The Labute approximate surface area is 166 Å². The summed E-state index contributed by atoms with van der Waals surface area (Å²) in [4.78, 5) is 32.4. The number of methoxy groups -OCH3 is 1. The molecule has 0 radical (unpaired) electrons. The van der Waals surface area contributed by atoms with Crippen molar-refractivity contribution in [3.63, 3.8) is 0 Å². The molecule has 0 saturated carbocycles. The van der Waals surface area contributed by atoms with Crippen molar-refractivity contribution in [3.05, 3.63) is 82.9 Å². The Morgan fingerprint density at radius 2 is 1.93 bits per heavy atom. The molecule has 0 fully saturated rings. The molecule has 0 aliphatic heterocycles. The number of nitrogens with zero attached hydrogens (tertiary/aromatic N) is 2. The maximum Gasteiger partial charge on any atom is 0.337 e. The average molecular weight is 397 g/mol. The van der Waals surface area contributed by atoms with Gasteiger partial charge in [0, 0.05) is 31.3 Å². The third-order valence-electron chi connectivity index (χ3n) is 3.86. The molecular weight excluding hydrogens is 380 g/mol. The van der Waals surface area contributed by atoms with E-state index in [1.165, 1.54) is 31.5 Å². The highest BCUT2D eigenvalue weighted by molar-refractivity contribution is 6.34. The number of pyridine rings is 2. The van der Waals surface area contributed by atoms with Gasteiger partial charge in [-0.05, 0) is 35.9 Å². The van der Waals surface area contributed by atoms with Crippen molar-refractivity contribution < 1.29 is 14.3 Å². The molecule has 0 aliphatic carbocycles. The van der Waals surface area contributed by atoms with Gasteiger partial charge in [-0.2, -0.15) is 0 Å². The van der Waals surface area contributed by atoms with E-state index in [1.54, 1.807) is 24.7 Å². The molecule has 142 valence electrons. The van der Waals surface area contributed by atoms with Crippen LogP contribution in [0.5, 0.6) is 0 Å². The van der Waals surface area contributed by atoms with Crippen molar-refractivity contribution in [2.75, 3.05) is 17.7 Å². The van der Waals surface area contributed by atoms with Gasteiger partial charge >= 0.3 is 5.97 Å². The minimum Gasteiger partial charge on any atom is -0.465 e. The maximum atomic E-state index is 12.6. The van der Waals surface area contributed by atoms with Gasteiger partial charge in [-0.3, -0.25) is 14.8 Å². The SMILES string of the molecule is COC(=O)c1ccc(Cl)c(NC(=O)c2cncc(NCc3cccnc3)c2)c1. The number of hydrogen-bond acceptors (Lipinski definition) is 6. The summed E-state index contributed by atoms with van der Waals surface area (Å²) in [6, 6.07) is 9.98. The molecule has 3 aromatic rings. The van der Waals surface area contributed by atoms with Crippen LogP contribution in [0, 0.1) is 0 Å². The predicted molar refractivity (Wildman–Crippen MR) is 107 cm³/mol. The number of esters is 1. The van der Waals surface area contributed by atoms with Crippen LogP contribution in [0.4, 0.5) is 11.4 Å². The number of halogens is 1. The minimum absolute atomic E-state index is 0.284. The van der Waals surface area contributed by atoms with Crippen molar-refractivity contribution in [3.8, 4) is 0 Å². The number of rotatable bonds is 6. The number of amides is 1. The van der Waals surface area contributed by atoms with Gasteiger partial charge in [-0.25, -0.2) is 4.79 Å². The van der Waals surface area contributed by atoms with Crippen LogP contribution in [0.15, 0.2) is 61.2 Å². The van der Waals surface area contributed by atoms with Gasteiger partial charge in [0.15, 0.2) is 0 Å². The molecule has 0 spiro atoms. The number of benzene rings is 1. The van der Waals surface area contributed by atoms with E-state index in [2.05, 4.69) is 25.3 Å². The zero-order valence-corrected chi connectivity index (χ0v) is 15.7. The Balaban J connectivity index is 1.72. The molecule has 3 rings (SSSR count). The van der Waals surface area contributed by atoms with Crippen LogP contribution in [0.3, 0.4) is 0 Å². The number of anilines is 2. The molecule has 0 aliphatic rings. The summed E-state index contributed by atoms with van der Waals surface area (Å²) in [6.07, 6.45) is 6.53. The van der Waals surface area contributed by atoms with E-state index >= 15 is 0 Å². The van der Waals surface area contributed by atoms with Gasteiger partial charge in [0.05, 0.1) is 34.6 Å². The molecule has 0 saturated heterocycles. The van der Waals surface area contributed by atoms with Gasteiger partial charge in [0.25, 0.3) is 5.91 Å². The van der Waals surface area contributed by atoms with Crippen molar-refractivity contribution in [1.82, 2.24) is 9.97 Å². The van der Waals surface area contributed by atoms with Crippen molar-refractivity contribution in [1.29, 1.82) is 0 Å². The van der Waals surface area contributed by atoms with Crippen LogP contribution < -0.4 is 10.6 Å². The van der Waals surface area contributed by atoms with Crippen molar-refractivity contribution in [2.45, 2.75) is 6.54 Å². The highest BCUT2D eigenvalue weighted by Gasteiger charge is 2.13. The first kappa shape index (κ1) is 19.3. The highest BCUT2D eigenvalue weighted by Crippen LogP contribution is 2.24. The third-order valence-corrected chi connectivity index (χ3v) is 4.19. The Morgan fingerprint density at radius 1 is 1.07 bits per heavy atom. The number of hydrogen-bond donors (Lipinski definition) is 2. The molecular formula is C20H17ClN4O3. The second-order valence-corrected chi connectivity index (χ2v) is 6.22. The van der Waals surface area contributed by atoms with Crippen LogP contribution in [-0.2, 0) is 11.3 Å². The smallest absolute Gasteiger partial charge is 0.337 e. The van der Waals surface area contributed by atoms with Gasteiger partial charge in [-0.15, -0.1) is 0 Å². The minimum atomic E-state index is -0.518. The quantitative estimate of drug-likeness (QED) is 0.616. The average Bonchev–Trinajstić information content (AvgIpc) is 2.74. The summed E-state index contributed by atoms with van der Waals surface area (Å²) >= 11 is 6.12. The molecule has 1 aromatic carbocycles. The molecule has 0 atom stereocenters. The predicted octanol–water partition coefficient (Wildman–Crippen LogP) is 3.78. The van der Waals surface area contributed by atoms with Gasteiger partial charge < -0.3 is 15.4 Å². The summed E-state index contributed by atoms with van der Waals surface area (Å²) in [7, 11) is 1.28. The summed E-state index contributed by atoms with van der Waals surface area (Å²) < 4.78 is 4.68. The largest absolute Gasteiger partial charge is 0.465 e. The molecule has 2 heterocycles. The molecule has 1 amide bonds. The number of nitrogens with one attached hydrogen (secondary N) is 2. The third kappa shape index (κ3) is 4.83. The number of aromatic nitrogens is 2. The van der Waals surface area contributed by atoms with E-state index in [4.69, 9.17) is 11.6 Å². The van der Waals surface area contributed by atoms with Crippen LogP contribution in [0.25, 0.3) is 0 Å². The van der Waals surface area contributed by atoms with Crippen LogP contribution in [0.2, 0.25) is 5.02 Å². The fourth-order valence-corrected chi connectivity index (χ4v) is 2.59. The molecule has 28 heavy (non-hydrogen) atoms. The monoisotopic (exact) mass is 396 g/mol. The first-order valence-electron chi connectivity index (χ1n) is 8.34. The Bertz CT molecular complexity index is 996. The summed E-state index contributed by atoms with van der Waals surface area (Å²) in [5.74, 6) is -0.920. The number of ether oxygens (including phenoxy) is 1. The molecule has 2 aromatic heterocycles. The molecule has 0 bridgehead atoms. The molecule has 8 heteroatoms. The fraction of sp³-hybridized carbons (Fsp3) is 0.100. The fourth-order valence-electron chi connectivity index (χ4n) is 2.43. The lowest BCUT2D eigenvalue weighted by atomic mass is 10.2. The van der Waals surface area contributed by atoms with Crippen molar-refractivity contribution >= 4 is 34.9 Å². The van der Waals surface area contributed by atoms with E-state index in [9.17, 15) is 9.59 Å². The maximum absolute atomic E-state index is 12.6. The number of carbonyl (C=O) groups is 2. The lowest BCUT2D eigenvalue weighted by Crippen LogP contribution is -2.14. The number of carbonyl (C=O) groups excluding carboxylic acids is 2. The molecule has 0 unspecified atom stereocenters. The summed E-state index contributed by atoms with van der Waals surface area (Å²) in [6.45, 7) is 0.549. The van der Waals surface area contributed by atoms with Gasteiger partial charge in [-0.1, -0.05) is 17.7 Å². The zero-order chi connectivity index (χ0) is 19.9. The second kappa shape index (κ2) is 8.96. The Morgan fingerprint density at radius 3 is 2.68 bits per heavy atom. The van der Waals surface area contributed by atoms with Crippen molar-refractivity contribution in [2.24, 2.45) is 0 Å².